The molecule has 1 amide bonds. The van der Waals surface area contributed by atoms with Crippen LogP contribution in [0.1, 0.15) is 46.5 Å². The van der Waals surface area contributed by atoms with Crippen LogP contribution in [0.25, 0.3) is 0 Å². The van der Waals surface area contributed by atoms with E-state index in [1.54, 1.807) is 0 Å². The number of nitrogens with one attached hydrogen (secondary N) is 1. The predicted octanol–water partition coefficient (Wildman–Crippen LogP) is 2.09. The van der Waals surface area contributed by atoms with Gasteiger partial charge in [0.15, 0.2) is 0 Å². The SMILES string of the molecule is CCCC(C)(C)C(=O)NC1CC1. The van der Waals surface area contributed by atoms with E-state index in [1.807, 2.05) is 13.8 Å². The minimum Gasteiger partial charge on any atom is -0.353 e. The lowest BCUT2D eigenvalue weighted by molar-refractivity contribution is -0.129. The molecule has 2 nitrogen and oxygen atoms in total. The van der Waals surface area contributed by atoms with Crippen molar-refractivity contribution in [1.82, 2.24) is 5.32 Å². The fraction of sp³-hybridized carbons (Fsp3) is 0.900. The molecular weight excluding hydrogens is 150 g/mol. The van der Waals surface area contributed by atoms with Crippen LogP contribution in [0.4, 0.5) is 0 Å². The fourth-order valence-corrected chi connectivity index (χ4v) is 1.35. The normalized spacial score (nSPS) is 17.6. The molecule has 1 aliphatic rings. The maximum Gasteiger partial charge on any atom is 0.225 e. The van der Waals surface area contributed by atoms with Gasteiger partial charge in [0, 0.05) is 11.5 Å². The number of hydrogen-bond donors (Lipinski definition) is 1. The summed E-state index contributed by atoms with van der Waals surface area (Å²) >= 11 is 0. The summed E-state index contributed by atoms with van der Waals surface area (Å²) < 4.78 is 0. The molecular formula is C10H19NO. The Balaban J connectivity index is 2.36. The van der Waals surface area contributed by atoms with E-state index in [0.29, 0.717) is 6.04 Å². The van der Waals surface area contributed by atoms with Crippen LogP contribution >= 0.6 is 0 Å². The van der Waals surface area contributed by atoms with Crippen molar-refractivity contribution < 1.29 is 4.79 Å². The van der Waals surface area contributed by atoms with E-state index in [2.05, 4.69) is 12.2 Å². The zero-order chi connectivity index (χ0) is 9.19. The van der Waals surface area contributed by atoms with Crippen LogP contribution in [-0.4, -0.2) is 11.9 Å². The molecule has 0 heterocycles. The van der Waals surface area contributed by atoms with Crippen LogP contribution < -0.4 is 5.32 Å². The first-order valence-electron chi connectivity index (χ1n) is 4.87. The van der Waals surface area contributed by atoms with Crippen LogP contribution in [0, 0.1) is 5.41 Å². The molecule has 1 aliphatic carbocycles. The summed E-state index contributed by atoms with van der Waals surface area (Å²) in [5, 5.41) is 3.04. The average molecular weight is 169 g/mol. The van der Waals surface area contributed by atoms with E-state index >= 15 is 0 Å². The highest BCUT2D eigenvalue weighted by Gasteiger charge is 2.31. The van der Waals surface area contributed by atoms with Crippen molar-refractivity contribution in [3.63, 3.8) is 0 Å². The molecule has 70 valence electrons. The van der Waals surface area contributed by atoms with E-state index < -0.39 is 0 Å². The molecule has 1 saturated carbocycles. The first kappa shape index (κ1) is 9.56. The molecule has 0 unspecified atom stereocenters. The second-order valence-corrected chi connectivity index (χ2v) is 4.38. The summed E-state index contributed by atoms with van der Waals surface area (Å²) in [5.41, 5.74) is -0.169. The molecule has 1 N–H and O–H groups in total. The maximum absolute atomic E-state index is 11.6. The van der Waals surface area contributed by atoms with Gasteiger partial charge in [-0.1, -0.05) is 27.2 Å². The predicted molar refractivity (Wildman–Crippen MR) is 49.9 cm³/mol. The molecule has 2 heteroatoms. The molecule has 0 aromatic heterocycles. The number of rotatable bonds is 4. The Kier molecular flexibility index (Phi) is 2.76. The molecule has 0 aromatic carbocycles. The lowest BCUT2D eigenvalue weighted by atomic mass is 9.87. The Labute approximate surface area is 74.7 Å². The highest BCUT2D eigenvalue weighted by Crippen LogP contribution is 2.25. The number of carbonyl (C=O) groups is 1. The van der Waals surface area contributed by atoms with Crippen LogP contribution in [0.5, 0.6) is 0 Å². The Morgan fingerprint density at radius 3 is 2.50 bits per heavy atom. The van der Waals surface area contributed by atoms with Crippen molar-refractivity contribution in [3.05, 3.63) is 0 Å². The third kappa shape index (κ3) is 2.50. The lowest BCUT2D eigenvalue weighted by Gasteiger charge is -2.22. The monoisotopic (exact) mass is 169 g/mol. The Morgan fingerprint density at radius 2 is 2.08 bits per heavy atom. The van der Waals surface area contributed by atoms with Gasteiger partial charge >= 0.3 is 0 Å². The fourth-order valence-electron chi connectivity index (χ4n) is 1.35. The summed E-state index contributed by atoms with van der Waals surface area (Å²) in [4.78, 5) is 11.6. The highest BCUT2D eigenvalue weighted by atomic mass is 16.2. The Morgan fingerprint density at radius 1 is 1.50 bits per heavy atom. The quantitative estimate of drug-likeness (QED) is 0.686. The molecule has 0 radical (unpaired) electrons. The summed E-state index contributed by atoms with van der Waals surface area (Å²) in [5.74, 6) is 0.229. The van der Waals surface area contributed by atoms with Gasteiger partial charge < -0.3 is 5.32 Å². The smallest absolute Gasteiger partial charge is 0.225 e. The standard InChI is InChI=1S/C10H19NO/c1-4-7-10(2,3)9(12)11-8-5-6-8/h8H,4-7H2,1-3H3,(H,11,12). The first-order valence-corrected chi connectivity index (χ1v) is 4.87. The van der Waals surface area contributed by atoms with Gasteiger partial charge in [-0.3, -0.25) is 4.79 Å². The van der Waals surface area contributed by atoms with E-state index in [1.165, 1.54) is 12.8 Å². The van der Waals surface area contributed by atoms with Crippen molar-refractivity contribution in [2.75, 3.05) is 0 Å². The minimum absolute atomic E-state index is 0.169. The third-order valence-corrected chi connectivity index (χ3v) is 2.40. The number of hydrogen-bond acceptors (Lipinski definition) is 1. The van der Waals surface area contributed by atoms with Crippen LogP contribution in [0.2, 0.25) is 0 Å². The summed E-state index contributed by atoms with van der Waals surface area (Å²) in [6.45, 7) is 6.16. The van der Waals surface area contributed by atoms with Gasteiger partial charge in [-0.15, -0.1) is 0 Å². The van der Waals surface area contributed by atoms with E-state index in [-0.39, 0.29) is 11.3 Å². The first-order chi connectivity index (χ1) is 5.56. The maximum atomic E-state index is 11.6. The van der Waals surface area contributed by atoms with Crippen LogP contribution in [0.3, 0.4) is 0 Å². The van der Waals surface area contributed by atoms with Gasteiger partial charge in [-0.25, -0.2) is 0 Å². The van der Waals surface area contributed by atoms with Crippen molar-refractivity contribution >= 4 is 5.91 Å². The average Bonchev–Trinajstić information content (AvgIpc) is 2.71. The molecule has 0 aliphatic heterocycles. The third-order valence-electron chi connectivity index (χ3n) is 2.40. The second kappa shape index (κ2) is 3.46. The molecule has 12 heavy (non-hydrogen) atoms. The van der Waals surface area contributed by atoms with Gasteiger partial charge in [0.1, 0.15) is 0 Å². The largest absolute Gasteiger partial charge is 0.353 e. The molecule has 0 aromatic rings. The van der Waals surface area contributed by atoms with Gasteiger partial charge in [0.2, 0.25) is 5.91 Å². The van der Waals surface area contributed by atoms with Gasteiger partial charge in [-0.05, 0) is 19.3 Å². The Hall–Kier alpha value is -0.530. The lowest BCUT2D eigenvalue weighted by Crippen LogP contribution is -2.37. The van der Waals surface area contributed by atoms with E-state index in [9.17, 15) is 4.79 Å². The van der Waals surface area contributed by atoms with Gasteiger partial charge in [0.25, 0.3) is 0 Å². The topological polar surface area (TPSA) is 29.1 Å². The van der Waals surface area contributed by atoms with Gasteiger partial charge in [0.05, 0.1) is 0 Å². The van der Waals surface area contributed by atoms with Crippen molar-refractivity contribution in [3.8, 4) is 0 Å². The zero-order valence-electron chi connectivity index (χ0n) is 8.31. The zero-order valence-corrected chi connectivity index (χ0v) is 8.31. The van der Waals surface area contributed by atoms with Crippen molar-refractivity contribution in [1.29, 1.82) is 0 Å². The second-order valence-electron chi connectivity index (χ2n) is 4.38. The molecule has 1 rings (SSSR count). The molecule has 0 bridgehead atoms. The van der Waals surface area contributed by atoms with Gasteiger partial charge in [-0.2, -0.15) is 0 Å². The van der Waals surface area contributed by atoms with Crippen LogP contribution in [-0.2, 0) is 4.79 Å². The van der Waals surface area contributed by atoms with Crippen molar-refractivity contribution in [2.24, 2.45) is 5.41 Å². The minimum atomic E-state index is -0.169. The van der Waals surface area contributed by atoms with Crippen molar-refractivity contribution in [2.45, 2.75) is 52.5 Å². The van der Waals surface area contributed by atoms with E-state index in [0.717, 1.165) is 12.8 Å². The summed E-state index contributed by atoms with van der Waals surface area (Å²) in [7, 11) is 0. The summed E-state index contributed by atoms with van der Waals surface area (Å²) in [6.07, 6.45) is 4.40. The molecule has 0 atom stereocenters. The summed E-state index contributed by atoms with van der Waals surface area (Å²) in [6, 6.07) is 0.494. The highest BCUT2D eigenvalue weighted by molar-refractivity contribution is 5.82. The molecule has 1 fully saturated rings. The number of amides is 1. The van der Waals surface area contributed by atoms with Crippen LogP contribution in [0.15, 0.2) is 0 Å². The molecule has 0 spiro atoms. The Bertz CT molecular complexity index is 171. The number of carbonyl (C=O) groups excluding carboxylic acids is 1. The van der Waals surface area contributed by atoms with E-state index in [4.69, 9.17) is 0 Å². The molecule has 0 saturated heterocycles.